The SMILES string of the molecule is CCSCCCN(CC(=O)O)c1ccccc1. The van der Waals surface area contributed by atoms with Gasteiger partial charge in [0.05, 0.1) is 0 Å². The van der Waals surface area contributed by atoms with Gasteiger partial charge in [-0.3, -0.25) is 4.79 Å². The molecule has 0 aromatic heterocycles. The van der Waals surface area contributed by atoms with Crippen molar-refractivity contribution >= 4 is 23.4 Å². The zero-order valence-electron chi connectivity index (χ0n) is 10.1. The molecule has 0 amide bonds. The van der Waals surface area contributed by atoms with Crippen LogP contribution in [0, 0.1) is 0 Å². The predicted octanol–water partition coefficient (Wildman–Crippen LogP) is 2.72. The van der Waals surface area contributed by atoms with Gasteiger partial charge in [-0.15, -0.1) is 0 Å². The van der Waals surface area contributed by atoms with E-state index in [2.05, 4.69) is 6.92 Å². The van der Waals surface area contributed by atoms with Gasteiger partial charge >= 0.3 is 5.97 Å². The maximum absolute atomic E-state index is 10.8. The van der Waals surface area contributed by atoms with E-state index in [-0.39, 0.29) is 6.54 Å². The number of hydrogen-bond donors (Lipinski definition) is 1. The lowest BCUT2D eigenvalue weighted by Gasteiger charge is -2.22. The van der Waals surface area contributed by atoms with Gasteiger partial charge in [0.1, 0.15) is 6.54 Å². The molecule has 0 spiro atoms. The molecule has 1 aromatic rings. The Morgan fingerprint density at radius 3 is 2.65 bits per heavy atom. The first kappa shape index (κ1) is 13.9. The molecule has 3 nitrogen and oxygen atoms in total. The average molecular weight is 253 g/mol. The van der Waals surface area contributed by atoms with E-state index in [0.717, 1.165) is 30.2 Å². The molecule has 0 fully saturated rings. The van der Waals surface area contributed by atoms with Gasteiger partial charge in [0.15, 0.2) is 0 Å². The fourth-order valence-corrected chi connectivity index (χ4v) is 2.23. The number of thioether (sulfide) groups is 1. The van der Waals surface area contributed by atoms with Crippen molar-refractivity contribution in [2.24, 2.45) is 0 Å². The number of aliphatic carboxylic acids is 1. The fraction of sp³-hybridized carbons (Fsp3) is 0.462. The number of rotatable bonds is 8. The van der Waals surface area contributed by atoms with Crippen molar-refractivity contribution in [3.63, 3.8) is 0 Å². The van der Waals surface area contributed by atoms with Crippen LogP contribution in [-0.4, -0.2) is 35.7 Å². The van der Waals surface area contributed by atoms with Crippen LogP contribution in [0.1, 0.15) is 13.3 Å². The molecule has 4 heteroatoms. The van der Waals surface area contributed by atoms with Crippen LogP contribution in [0.3, 0.4) is 0 Å². The summed E-state index contributed by atoms with van der Waals surface area (Å²) in [6, 6.07) is 9.72. The Kier molecular flexibility index (Phi) is 6.55. The van der Waals surface area contributed by atoms with Crippen molar-refractivity contribution in [1.82, 2.24) is 0 Å². The molecule has 0 saturated carbocycles. The third-order valence-electron chi connectivity index (χ3n) is 2.37. The van der Waals surface area contributed by atoms with Crippen LogP contribution >= 0.6 is 11.8 Å². The molecule has 1 aromatic carbocycles. The summed E-state index contributed by atoms with van der Waals surface area (Å²) in [5, 5.41) is 8.90. The zero-order chi connectivity index (χ0) is 12.5. The second-order valence-corrected chi connectivity index (χ2v) is 5.10. The Morgan fingerprint density at radius 2 is 2.06 bits per heavy atom. The van der Waals surface area contributed by atoms with Gasteiger partial charge in [-0.25, -0.2) is 0 Å². The highest BCUT2D eigenvalue weighted by atomic mass is 32.2. The minimum absolute atomic E-state index is 0.0702. The molecule has 0 saturated heterocycles. The van der Waals surface area contributed by atoms with E-state index in [9.17, 15) is 4.79 Å². The molecule has 0 aliphatic carbocycles. The highest BCUT2D eigenvalue weighted by molar-refractivity contribution is 7.99. The first-order chi connectivity index (χ1) is 8.24. The number of para-hydroxylation sites is 1. The lowest BCUT2D eigenvalue weighted by Crippen LogP contribution is -2.30. The highest BCUT2D eigenvalue weighted by Gasteiger charge is 2.09. The van der Waals surface area contributed by atoms with Gasteiger partial charge in [-0.1, -0.05) is 25.1 Å². The number of carboxylic acid groups (broad SMARTS) is 1. The summed E-state index contributed by atoms with van der Waals surface area (Å²) in [6.07, 6.45) is 1.01. The topological polar surface area (TPSA) is 40.5 Å². The molecule has 17 heavy (non-hydrogen) atoms. The second kappa shape index (κ2) is 8.01. The number of carbonyl (C=O) groups is 1. The van der Waals surface area contributed by atoms with Gasteiger partial charge in [-0.05, 0) is 30.1 Å². The van der Waals surface area contributed by atoms with Crippen LogP contribution in [-0.2, 0) is 4.79 Å². The Balaban J connectivity index is 2.52. The summed E-state index contributed by atoms with van der Waals surface area (Å²) < 4.78 is 0. The third kappa shape index (κ3) is 5.63. The molecule has 0 atom stereocenters. The summed E-state index contributed by atoms with van der Waals surface area (Å²) in [4.78, 5) is 12.7. The molecule has 1 rings (SSSR count). The first-order valence-electron chi connectivity index (χ1n) is 5.83. The summed E-state index contributed by atoms with van der Waals surface area (Å²) in [6.45, 7) is 3.00. The minimum Gasteiger partial charge on any atom is -0.480 e. The molecule has 0 heterocycles. The van der Waals surface area contributed by atoms with E-state index >= 15 is 0 Å². The van der Waals surface area contributed by atoms with Gasteiger partial charge in [-0.2, -0.15) is 11.8 Å². The van der Waals surface area contributed by atoms with E-state index in [1.165, 1.54) is 0 Å². The third-order valence-corrected chi connectivity index (χ3v) is 3.35. The van der Waals surface area contributed by atoms with Crippen LogP contribution in [0.2, 0.25) is 0 Å². The predicted molar refractivity (Wildman–Crippen MR) is 73.9 cm³/mol. The number of nitrogens with zero attached hydrogens (tertiary/aromatic N) is 1. The van der Waals surface area contributed by atoms with E-state index in [1.807, 2.05) is 47.0 Å². The molecule has 0 radical (unpaired) electrons. The van der Waals surface area contributed by atoms with Crippen molar-refractivity contribution in [2.75, 3.05) is 29.5 Å². The smallest absolute Gasteiger partial charge is 0.323 e. The summed E-state index contributed by atoms with van der Waals surface area (Å²) in [5.41, 5.74) is 0.983. The van der Waals surface area contributed by atoms with E-state index in [0.29, 0.717) is 0 Å². The quantitative estimate of drug-likeness (QED) is 0.723. The monoisotopic (exact) mass is 253 g/mol. The van der Waals surface area contributed by atoms with Crippen LogP contribution in [0.15, 0.2) is 30.3 Å². The second-order valence-electron chi connectivity index (χ2n) is 3.70. The van der Waals surface area contributed by atoms with Gasteiger partial charge in [0.2, 0.25) is 0 Å². The first-order valence-corrected chi connectivity index (χ1v) is 6.99. The number of hydrogen-bond acceptors (Lipinski definition) is 3. The van der Waals surface area contributed by atoms with Crippen molar-refractivity contribution in [2.45, 2.75) is 13.3 Å². The van der Waals surface area contributed by atoms with Crippen LogP contribution in [0.4, 0.5) is 5.69 Å². The normalized spacial score (nSPS) is 10.2. The van der Waals surface area contributed by atoms with Crippen molar-refractivity contribution in [3.05, 3.63) is 30.3 Å². The van der Waals surface area contributed by atoms with Crippen molar-refractivity contribution < 1.29 is 9.90 Å². The van der Waals surface area contributed by atoms with Crippen LogP contribution in [0.25, 0.3) is 0 Å². The molecule has 0 aliphatic heterocycles. The summed E-state index contributed by atoms with van der Waals surface area (Å²) in [5.74, 6) is 1.42. The Morgan fingerprint density at radius 1 is 1.35 bits per heavy atom. The van der Waals surface area contributed by atoms with Crippen molar-refractivity contribution in [3.8, 4) is 0 Å². The Labute approximate surface area is 107 Å². The maximum atomic E-state index is 10.8. The minimum atomic E-state index is -0.781. The summed E-state index contributed by atoms with van der Waals surface area (Å²) >= 11 is 1.89. The summed E-state index contributed by atoms with van der Waals surface area (Å²) in [7, 11) is 0. The van der Waals surface area contributed by atoms with E-state index < -0.39 is 5.97 Å². The van der Waals surface area contributed by atoms with E-state index in [4.69, 9.17) is 5.11 Å². The standard InChI is InChI=1S/C13H19NO2S/c1-2-17-10-6-9-14(11-13(15)16)12-7-4-3-5-8-12/h3-5,7-8H,2,6,9-11H2,1H3,(H,15,16). The maximum Gasteiger partial charge on any atom is 0.323 e. The zero-order valence-corrected chi connectivity index (χ0v) is 10.9. The molecule has 0 aliphatic rings. The largest absolute Gasteiger partial charge is 0.480 e. The van der Waals surface area contributed by atoms with Gasteiger partial charge < -0.3 is 10.0 Å². The number of benzene rings is 1. The molecular formula is C13H19NO2S. The fourth-order valence-electron chi connectivity index (χ4n) is 1.60. The van der Waals surface area contributed by atoms with Crippen molar-refractivity contribution in [1.29, 1.82) is 0 Å². The van der Waals surface area contributed by atoms with Crippen LogP contribution < -0.4 is 4.90 Å². The number of anilines is 1. The molecule has 1 N–H and O–H groups in total. The van der Waals surface area contributed by atoms with Crippen LogP contribution in [0.5, 0.6) is 0 Å². The average Bonchev–Trinajstić information content (AvgIpc) is 2.34. The Hall–Kier alpha value is -1.16. The van der Waals surface area contributed by atoms with Gasteiger partial charge in [0.25, 0.3) is 0 Å². The Bertz CT molecular complexity index is 329. The number of carboxylic acids is 1. The molecule has 0 bridgehead atoms. The highest BCUT2D eigenvalue weighted by Crippen LogP contribution is 2.14. The lowest BCUT2D eigenvalue weighted by molar-refractivity contribution is -0.135. The van der Waals surface area contributed by atoms with E-state index in [1.54, 1.807) is 0 Å². The molecular weight excluding hydrogens is 234 g/mol. The molecule has 94 valence electrons. The van der Waals surface area contributed by atoms with Gasteiger partial charge in [0, 0.05) is 12.2 Å². The lowest BCUT2D eigenvalue weighted by atomic mass is 10.2. The molecule has 0 unspecified atom stereocenters.